The first-order chi connectivity index (χ1) is 21.9. The van der Waals surface area contributed by atoms with E-state index >= 15 is 0 Å². The van der Waals surface area contributed by atoms with Crippen molar-refractivity contribution >= 4 is 29.8 Å². The molecule has 1 spiro atoms. The van der Waals surface area contributed by atoms with Crippen molar-refractivity contribution in [1.82, 2.24) is 0 Å². The lowest BCUT2D eigenvalue weighted by atomic mass is 9.41. The van der Waals surface area contributed by atoms with E-state index in [0.29, 0.717) is 12.8 Å². The van der Waals surface area contributed by atoms with Gasteiger partial charge in [0.2, 0.25) is 11.9 Å². The zero-order valence-electron chi connectivity index (χ0n) is 28.1. The van der Waals surface area contributed by atoms with E-state index in [0.717, 1.165) is 13.8 Å². The first-order valence-corrected chi connectivity index (χ1v) is 16.1. The van der Waals surface area contributed by atoms with Gasteiger partial charge in [0.15, 0.2) is 6.10 Å². The van der Waals surface area contributed by atoms with Crippen LogP contribution in [-0.4, -0.2) is 96.2 Å². The number of aliphatic hydroxyl groups excluding tert-OH is 1. The fraction of sp³-hybridized carbons (Fsp3) is 0.788. The Morgan fingerprint density at radius 2 is 1.68 bits per heavy atom. The molecule has 0 bridgehead atoms. The maximum absolute atomic E-state index is 14.0. The lowest BCUT2D eigenvalue weighted by molar-refractivity contribution is -0.286. The van der Waals surface area contributed by atoms with Crippen LogP contribution in [-0.2, 0) is 61.9 Å². The standard InChI is InChI=1S/C33H46O14/c1-16-11-26(44-20(5)36)32(14-41-18(3)34)24(30(16,7)25-12-22-9-10-40-28(22)45-25)13-23(38)27(33(32)15-42-33)46-29(39)31(8,47-21(6)37)17(2)43-19(4)35/h9-10,16-17,22-28,38H,11-15H2,1-8H3/t16-,17?,22-,23-,24-,25+,26+,27+,28+,30+,31?,32+,33-/m1/s1. The summed E-state index contributed by atoms with van der Waals surface area (Å²) in [4.78, 5) is 62.9. The van der Waals surface area contributed by atoms with Crippen LogP contribution in [0.1, 0.15) is 74.7 Å². The molecule has 3 aliphatic heterocycles. The van der Waals surface area contributed by atoms with Crippen LogP contribution in [0.5, 0.6) is 0 Å². The predicted octanol–water partition coefficient (Wildman–Crippen LogP) is 2.12. The van der Waals surface area contributed by atoms with E-state index in [1.807, 2.05) is 13.0 Å². The first-order valence-electron chi connectivity index (χ1n) is 16.1. The van der Waals surface area contributed by atoms with Crippen molar-refractivity contribution in [2.75, 3.05) is 13.2 Å². The number of aliphatic hydroxyl groups is 1. The molecule has 4 fully saturated rings. The van der Waals surface area contributed by atoms with Gasteiger partial charge in [-0.1, -0.05) is 13.8 Å². The summed E-state index contributed by atoms with van der Waals surface area (Å²) in [5.41, 5.74) is -5.59. The zero-order chi connectivity index (χ0) is 34.7. The Balaban J connectivity index is 1.60. The van der Waals surface area contributed by atoms with Crippen LogP contribution in [0, 0.1) is 28.6 Å². The van der Waals surface area contributed by atoms with Crippen molar-refractivity contribution in [3.63, 3.8) is 0 Å². The third-order valence-corrected chi connectivity index (χ3v) is 11.4. The van der Waals surface area contributed by atoms with Gasteiger partial charge in [0.25, 0.3) is 0 Å². The maximum atomic E-state index is 14.0. The molecule has 2 aliphatic carbocycles. The number of fused-ring (bicyclic) bond motifs is 3. The number of hydrogen-bond acceptors (Lipinski definition) is 14. The van der Waals surface area contributed by atoms with Crippen molar-refractivity contribution in [1.29, 1.82) is 0 Å². The topological polar surface area (TPSA) is 183 Å². The van der Waals surface area contributed by atoms with E-state index in [-0.39, 0.29) is 37.6 Å². The molecule has 14 heteroatoms. The maximum Gasteiger partial charge on any atom is 0.354 e. The number of esters is 5. The van der Waals surface area contributed by atoms with Gasteiger partial charge in [-0.05, 0) is 51.0 Å². The molecule has 262 valence electrons. The molecule has 13 atom stereocenters. The third kappa shape index (κ3) is 5.69. The molecule has 1 N–H and O–H groups in total. The Bertz CT molecular complexity index is 1320. The number of carbonyl (C=O) groups is 5. The SMILES string of the molecule is CC(=O)OC[C@@]12[C@@H](OC(C)=O)C[C@@H](C)[C@](C)([C@@H]3C[C@H]4C=CO[C@H]4O3)[C@H]1C[C@@H](O)[C@H](OC(=O)C(C)(OC(C)=O)C(C)OC(C)=O)[C@]21CO1. The summed E-state index contributed by atoms with van der Waals surface area (Å²) in [6.07, 6.45) is -1.06. The van der Waals surface area contributed by atoms with E-state index in [2.05, 4.69) is 6.92 Å². The molecule has 14 nitrogen and oxygen atoms in total. The zero-order valence-corrected chi connectivity index (χ0v) is 28.1. The quantitative estimate of drug-likeness (QED) is 0.215. The number of rotatable bonds is 9. The fourth-order valence-electron chi connectivity index (χ4n) is 8.78. The molecule has 0 aromatic heterocycles. The first kappa shape index (κ1) is 35.1. The molecule has 0 radical (unpaired) electrons. The van der Waals surface area contributed by atoms with Gasteiger partial charge in [-0.3, -0.25) is 19.2 Å². The fourth-order valence-corrected chi connectivity index (χ4v) is 8.78. The Kier molecular flexibility index (Phi) is 9.21. The van der Waals surface area contributed by atoms with E-state index in [9.17, 15) is 29.1 Å². The lowest BCUT2D eigenvalue weighted by Gasteiger charge is -2.65. The lowest BCUT2D eigenvalue weighted by Crippen LogP contribution is -2.75. The van der Waals surface area contributed by atoms with Crippen LogP contribution in [0.4, 0.5) is 0 Å². The molecule has 0 aromatic rings. The third-order valence-electron chi connectivity index (χ3n) is 11.4. The summed E-state index contributed by atoms with van der Waals surface area (Å²) in [6, 6.07) is 0. The average Bonchev–Trinajstić information content (AvgIpc) is 3.44. The molecule has 2 unspecified atom stereocenters. The Labute approximate surface area is 273 Å². The largest absolute Gasteiger partial charge is 0.472 e. The molecular formula is C33H46O14. The molecule has 5 rings (SSSR count). The predicted molar refractivity (Wildman–Crippen MR) is 158 cm³/mol. The van der Waals surface area contributed by atoms with Gasteiger partial charge in [-0.15, -0.1) is 0 Å². The highest BCUT2D eigenvalue weighted by Gasteiger charge is 2.82. The smallest absolute Gasteiger partial charge is 0.354 e. The van der Waals surface area contributed by atoms with Crippen LogP contribution in [0.3, 0.4) is 0 Å². The van der Waals surface area contributed by atoms with Gasteiger partial charge in [-0.25, -0.2) is 4.79 Å². The summed E-state index contributed by atoms with van der Waals surface area (Å²) in [6.45, 7) is 11.2. The van der Waals surface area contributed by atoms with Gasteiger partial charge >= 0.3 is 29.8 Å². The van der Waals surface area contributed by atoms with Crippen LogP contribution in [0.2, 0.25) is 0 Å². The van der Waals surface area contributed by atoms with Crippen molar-refractivity contribution in [2.45, 2.75) is 123 Å². The van der Waals surface area contributed by atoms with Gasteiger partial charge < -0.3 is 43.0 Å². The second kappa shape index (κ2) is 12.3. The van der Waals surface area contributed by atoms with Gasteiger partial charge in [0.05, 0.1) is 30.5 Å². The molecule has 47 heavy (non-hydrogen) atoms. The normalized spacial score (nSPS) is 41.7. The van der Waals surface area contributed by atoms with Gasteiger partial charge in [0, 0.05) is 39.0 Å². The van der Waals surface area contributed by atoms with Crippen molar-refractivity contribution in [3.05, 3.63) is 12.3 Å². The van der Waals surface area contributed by atoms with E-state index in [1.165, 1.54) is 27.7 Å². The van der Waals surface area contributed by atoms with Crippen molar-refractivity contribution in [2.24, 2.45) is 28.6 Å². The van der Waals surface area contributed by atoms with E-state index in [1.54, 1.807) is 6.26 Å². The Morgan fingerprint density at radius 3 is 2.23 bits per heavy atom. The minimum Gasteiger partial charge on any atom is -0.472 e. The minimum atomic E-state index is -2.10. The molecule has 0 amide bonds. The monoisotopic (exact) mass is 666 g/mol. The minimum absolute atomic E-state index is 0.0264. The summed E-state index contributed by atoms with van der Waals surface area (Å²) < 4.78 is 46.8. The molecule has 2 saturated heterocycles. The summed E-state index contributed by atoms with van der Waals surface area (Å²) >= 11 is 0. The molecule has 0 aromatic carbocycles. The van der Waals surface area contributed by atoms with Crippen LogP contribution in [0.25, 0.3) is 0 Å². The Hall–Kier alpha value is -3.23. The number of ether oxygens (including phenoxy) is 8. The molecule has 5 aliphatic rings. The van der Waals surface area contributed by atoms with Crippen molar-refractivity contribution < 1.29 is 67.0 Å². The van der Waals surface area contributed by atoms with E-state index in [4.69, 9.17) is 37.9 Å². The number of epoxide rings is 1. The van der Waals surface area contributed by atoms with Crippen LogP contribution in [0.15, 0.2) is 12.3 Å². The Morgan fingerprint density at radius 1 is 1.00 bits per heavy atom. The van der Waals surface area contributed by atoms with Crippen molar-refractivity contribution in [3.8, 4) is 0 Å². The second-order valence-electron chi connectivity index (χ2n) is 14.1. The number of hydrogen-bond donors (Lipinski definition) is 1. The highest BCUT2D eigenvalue weighted by atomic mass is 16.7. The highest BCUT2D eigenvalue weighted by Crippen LogP contribution is 2.70. The molecular weight excluding hydrogens is 620 g/mol. The molecule has 2 saturated carbocycles. The number of carbonyl (C=O) groups excluding carboxylic acids is 5. The van der Waals surface area contributed by atoms with Crippen LogP contribution < -0.4 is 0 Å². The summed E-state index contributed by atoms with van der Waals surface area (Å²) in [7, 11) is 0. The second-order valence-corrected chi connectivity index (χ2v) is 14.1. The van der Waals surface area contributed by atoms with Crippen LogP contribution >= 0.6 is 0 Å². The summed E-state index contributed by atoms with van der Waals surface area (Å²) in [5.74, 6) is -4.41. The average molecular weight is 667 g/mol. The van der Waals surface area contributed by atoms with Gasteiger partial charge in [0.1, 0.15) is 24.4 Å². The highest BCUT2D eigenvalue weighted by molar-refractivity contribution is 5.84. The van der Waals surface area contributed by atoms with Gasteiger partial charge in [-0.2, -0.15) is 0 Å². The van der Waals surface area contributed by atoms with E-state index < -0.39 is 88.5 Å². The summed E-state index contributed by atoms with van der Waals surface area (Å²) in [5, 5.41) is 11.9. The molecule has 3 heterocycles.